The monoisotopic (exact) mass is 418 g/mol. The van der Waals surface area contributed by atoms with Crippen molar-refractivity contribution in [2.75, 3.05) is 20.3 Å². The Morgan fingerprint density at radius 3 is 2.80 bits per heavy atom. The zero-order chi connectivity index (χ0) is 21.4. The molecule has 0 bridgehead atoms. The lowest BCUT2D eigenvalue weighted by atomic mass is 9.96. The zero-order valence-electron chi connectivity index (χ0n) is 18.5. The van der Waals surface area contributed by atoms with E-state index in [-0.39, 0.29) is 24.0 Å². The molecule has 0 saturated carbocycles. The summed E-state index contributed by atoms with van der Waals surface area (Å²) in [6.45, 7) is 1.60. The molecule has 0 aromatic heterocycles. The Morgan fingerprint density at radius 2 is 2.00 bits per heavy atom. The van der Waals surface area contributed by atoms with Gasteiger partial charge in [0.2, 0.25) is 0 Å². The number of rotatable bonds is 14. The number of allylic oxidation sites excluding steroid dienone is 6. The van der Waals surface area contributed by atoms with E-state index in [2.05, 4.69) is 23.0 Å². The number of hydrogen-bond donors (Lipinski definition) is 0. The third-order valence-electron chi connectivity index (χ3n) is 5.60. The molecule has 2 atom stereocenters. The minimum atomic E-state index is -0.152. The molecule has 0 aromatic carbocycles. The summed E-state index contributed by atoms with van der Waals surface area (Å²) in [6, 6.07) is 0. The van der Waals surface area contributed by atoms with Crippen LogP contribution in [0.5, 0.6) is 0 Å². The topological polar surface area (TPSA) is 61.8 Å². The van der Waals surface area contributed by atoms with Gasteiger partial charge in [-0.1, -0.05) is 30.7 Å². The molecule has 1 fully saturated rings. The number of carbonyl (C=O) groups excluding carboxylic acids is 2. The second-order valence-electron chi connectivity index (χ2n) is 8.03. The molecule has 0 radical (unpaired) electrons. The first-order valence-electron chi connectivity index (χ1n) is 11.6. The Labute approximate surface area is 181 Å². The summed E-state index contributed by atoms with van der Waals surface area (Å²) < 4.78 is 16.0. The summed E-state index contributed by atoms with van der Waals surface area (Å²) in [5, 5.41) is 0. The Hall–Kier alpha value is -1.72. The van der Waals surface area contributed by atoms with Gasteiger partial charge in [0.05, 0.1) is 7.11 Å². The number of esters is 1. The fourth-order valence-corrected chi connectivity index (χ4v) is 3.78. The van der Waals surface area contributed by atoms with Gasteiger partial charge in [0.25, 0.3) is 0 Å². The van der Waals surface area contributed by atoms with E-state index in [1.165, 1.54) is 13.5 Å². The van der Waals surface area contributed by atoms with Crippen LogP contribution in [0.2, 0.25) is 0 Å². The summed E-state index contributed by atoms with van der Waals surface area (Å²) in [7, 11) is 1.42. The fourth-order valence-electron chi connectivity index (χ4n) is 3.78. The van der Waals surface area contributed by atoms with E-state index in [0.29, 0.717) is 6.42 Å². The number of carbonyl (C=O) groups is 2. The van der Waals surface area contributed by atoms with Crippen LogP contribution in [0.4, 0.5) is 0 Å². The Balaban J connectivity index is 1.54. The average Bonchev–Trinajstić information content (AvgIpc) is 3.12. The molecule has 0 spiro atoms. The van der Waals surface area contributed by atoms with E-state index in [9.17, 15) is 9.59 Å². The van der Waals surface area contributed by atoms with Crippen molar-refractivity contribution in [2.45, 2.75) is 83.3 Å². The summed E-state index contributed by atoms with van der Waals surface area (Å²) in [6.07, 6.45) is 21.9. The van der Waals surface area contributed by atoms with Crippen molar-refractivity contribution in [1.82, 2.24) is 0 Å². The standard InChI is InChI=1S/C25H38O5/c1-28-24(27)15-9-5-4-8-14-22-21(17-18-23(22)26)13-7-3-2-6-11-19-29-25-16-10-12-20-30-25/h3,7,14,17-18,21,25H,2,4-6,8-13,15-16,19-20H2,1H3. The summed E-state index contributed by atoms with van der Waals surface area (Å²) in [5.74, 6) is 0.196. The van der Waals surface area contributed by atoms with Crippen molar-refractivity contribution in [1.29, 1.82) is 0 Å². The molecule has 2 unspecified atom stereocenters. The van der Waals surface area contributed by atoms with Crippen molar-refractivity contribution in [3.8, 4) is 0 Å². The molecule has 30 heavy (non-hydrogen) atoms. The predicted octanol–water partition coefficient (Wildman–Crippen LogP) is 5.45. The minimum Gasteiger partial charge on any atom is -0.469 e. The number of methoxy groups -OCH3 is 1. The fraction of sp³-hybridized carbons (Fsp3) is 0.680. The van der Waals surface area contributed by atoms with E-state index in [1.807, 2.05) is 6.08 Å². The maximum absolute atomic E-state index is 12.1. The predicted molar refractivity (Wildman–Crippen MR) is 118 cm³/mol. The van der Waals surface area contributed by atoms with Crippen LogP contribution in [0.15, 0.2) is 36.0 Å². The molecule has 5 heteroatoms. The molecule has 0 amide bonds. The number of unbranched alkanes of at least 4 members (excludes halogenated alkanes) is 5. The Morgan fingerprint density at radius 1 is 1.13 bits per heavy atom. The molecule has 0 N–H and O–H groups in total. The van der Waals surface area contributed by atoms with Gasteiger partial charge in [0.15, 0.2) is 12.1 Å². The third kappa shape index (κ3) is 9.86. The molecular weight excluding hydrogens is 380 g/mol. The molecule has 1 aliphatic carbocycles. The molecule has 2 aliphatic rings. The molecule has 1 aliphatic heterocycles. The van der Waals surface area contributed by atoms with Gasteiger partial charge in [-0.3, -0.25) is 9.59 Å². The molecule has 1 saturated heterocycles. The van der Waals surface area contributed by atoms with Crippen LogP contribution in [0.3, 0.4) is 0 Å². The first kappa shape index (κ1) is 24.5. The lowest BCUT2D eigenvalue weighted by Crippen LogP contribution is -2.22. The van der Waals surface area contributed by atoms with Gasteiger partial charge >= 0.3 is 5.97 Å². The van der Waals surface area contributed by atoms with E-state index in [0.717, 1.165) is 83.0 Å². The highest BCUT2D eigenvalue weighted by atomic mass is 16.7. The van der Waals surface area contributed by atoms with E-state index in [4.69, 9.17) is 9.47 Å². The SMILES string of the molecule is COC(=O)CCCCCC=C1C(=O)C=CC1CC=CCCCCOC1CCCCO1. The second-order valence-corrected chi connectivity index (χ2v) is 8.03. The molecular formula is C25H38O5. The van der Waals surface area contributed by atoms with Gasteiger partial charge in [-0.05, 0) is 70.3 Å². The smallest absolute Gasteiger partial charge is 0.305 e. The lowest BCUT2D eigenvalue weighted by Gasteiger charge is -2.22. The highest BCUT2D eigenvalue weighted by molar-refractivity contribution is 6.07. The Kier molecular flexibility index (Phi) is 12.4. The van der Waals surface area contributed by atoms with Gasteiger partial charge in [-0.2, -0.15) is 0 Å². The van der Waals surface area contributed by atoms with Crippen LogP contribution in [0, 0.1) is 5.92 Å². The molecule has 5 nitrogen and oxygen atoms in total. The van der Waals surface area contributed by atoms with Crippen LogP contribution in [-0.2, 0) is 23.8 Å². The zero-order valence-corrected chi connectivity index (χ0v) is 18.5. The summed E-state index contributed by atoms with van der Waals surface area (Å²) >= 11 is 0. The summed E-state index contributed by atoms with van der Waals surface area (Å²) in [5.41, 5.74) is 0.925. The number of ether oxygens (including phenoxy) is 3. The maximum Gasteiger partial charge on any atom is 0.305 e. The van der Waals surface area contributed by atoms with Gasteiger partial charge in [0.1, 0.15) is 0 Å². The normalized spacial score (nSPS) is 23.0. The summed E-state index contributed by atoms with van der Waals surface area (Å²) in [4.78, 5) is 23.2. The van der Waals surface area contributed by atoms with Crippen LogP contribution < -0.4 is 0 Å². The third-order valence-corrected chi connectivity index (χ3v) is 5.60. The molecule has 0 aromatic rings. The first-order chi connectivity index (χ1) is 14.7. The van der Waals surface area contributed by atoms with Gasteiger partial charge in [0, 0.05) is 31.1 Å². The van der Waals surface area contributed by atoms with Crippen molar-refractivity contribution >= 4 is 11.8 Å². The van der Waals surface area contributed by atoms with Crippen molar-refractivity contribution in [2.24, 2.45) is 5.92 Å². The number of ketones is 1. The minimum absolute atomic E-state index is 0.0130. The van der Waals surface area contributed by atoms with Gasteiger partial charge < -0.3 is 14.2 Å². The second kappa shape index (κ2) is 15.1. The van der Waals surface area contributed by atoms with Crippen LogP contribution in [0.1, 0.15) is 77.0 Å². The van der Waals surface area contributed by atoms with E-state index >= 15 is 0 Å². The molecule has 168 valence electrons. The van der Waals surface area contributed by atoms with Crippen molar-refractivity contribution < 1.29 is 23.8 Å². The van der Waals surface area contributed by atoms with Crippen molar-refractivity contribution in [3.63, 3.8) is 0 Å². The molecule has 1 heterocycles. The quantitative estimate of drug-likeness (QED) is 0.162. The van der Waals surface area contributed by atoms with Crippen LogP contribution in [0.25, 0.3) is 0 Å². The van der Waals surface area contributed by atoms with Crippen LogP contribution in [-0.4, -0.2) is 38.4 Å². The average molecular weight is 419 g/mol. The molecule has 2 rings (SSSR count). The maximum atomic E-state index is 12.1. The van der Waals surface area contributed by atoms with Crippen LogP contribution >= 0.6 is 0 Å². The van der Waals surface area contributed by atoms with Gasteiger partial charge in [-0.15, -0.1) is 0 Å². The first-order valence-corrected chi connectivity index (χ1v) is 11.6. The highest BCUT2D eigenvalue weighted by Gasteiger charge is 2.21. The number of hydrogen-bond acceptors (Lipinski definition) is 5. The lowest BCUT2D eigenvalue weighted by molar-refractivity contribution is -0.162. The largest absolute Gasteiger partial charge is 0.469 e. The Bertz CT molecular complexity index is 599. The van der Waals surface area contributed by atoms with E-state index < -0.39 is 0 Å². The van der Waals surface area contributed by atoms with Gasteiger partial charge in [-0.25, -0.2) is 0 Å². The van der Waals surface area contributed by atoms with Crippen molar-refractivity contribution in [3.05, 3.63) is 36.0 Å². The van der Waals surface area contributed by atoms with E-state index in [1.54, 1.807) is 6.08 Å². The highest BCUT2D eigenvalue weighted by Crippen LogP contribution is 2.26.